The molecule has 1 saturated heterocycles. The van der Waals surface area contributed by atoms with Crippen molar-refractivity contribution < 1.29 is 29.3 Å². The average molecular weight is 544 g/mol. The molecule has 1 unspecified atom stereocenters. The van der Waals surface area contributed by atoms with Crippen molar-refractivity contribution in [3.05, 3.63) is 111 Å². The third-order valence-corrected chi connectivity index (χ3v) is 7.32. The number of nitro benzene ring substituents is 1. The maximum absolute atomic E-state index is 13.9. The molecule has 3 aromatic carbocycles. The SMILES string of the molecule is CC[NH+](CC)CCN1C(=O)C(=O)/C(=C(/[O-])c2ccc(OCc3ccccc3)cc2C)C1c1cccc([N+](=O)[O-])c1. The quantitative estimate of drug-likeness (QED) is 0.131. The van der Waals surface area contributed by atoms with Crippen LogP contribution >= 0.6 is 0 Å². The van der Waals surface area contributed by atoms with Gasteiger partial charge in [-0.15, -0.1) is 0 Å². The van der Waals surface area contributed by atoms with E-state index in [0.717, 1.165) is 18.7 Å². The molecule has 0 saturated carbocycles. The van der Waals surface area contributed by atoms with E-state index in [1.807, 2.05) is 44.2 Å². The van der Waals surface area contributed by atoms with Crippen molar-refractivity contribution in [2.75, 3.05) is 26.2 Å². The molecule has 0 aliphatic carbocycles. The Morgan fingerprint density at radius 3 is 2.38 bits per heavy atom. The Balaban J connectivity index is 1.73. The van der Waals surface area contributed by atoms with Crippen molar-refractivity contribution >= 4 is 23.1 Å². The molecule has 40 heavy (non-hydrogen) atoms. The number of aryl methyl sites for hydroxylation is 1. The van der Waals surface area contributed by atoms with E-state index in [1.54, 1.807) is 31.2 Å². The van der Waals surface area contributed by atoms with Crippen LogP contribution in [0.4, 0.5) is 5.69 Å². The van der Waals surface area contributed by atoms with E-state index in [0.29, 0.717) is 30.0 Å². The Labute approximate surface area is 233 Å². The summed E-state index contributed by atoms with van der Waals surface area (Å²) in [5, 5.41) is 25.4. The number of quaternary nitrogens is 1. The van der Waals surface area contributed by atoms with Crippen LogP contribution < -0.4 is 14.7 Å². The van der Waals surface area contributed by atoms with Crippen LogP contribution in [0.5, 0.6) is 5.75 Å². The number of rotatable bonds is 11. The molecule has 9 nitrogen and oxygen atoms in total. The van der Waals surface area contributed by atoms with E-state index in [1.165, 1.54) is 28.0 Å². The van der Waals surface area contributed by atoms with Crippen molar-refractivity contribution in [3.8, 4) is 5.75 Å². The molecular formula is C31H33N3O6. The standard InChI is InChI=1S/C31H33N3O6/c1-4-32(5-2)16-17-33-28(23-12-9-13-24(19-23)34(38)39)27(30(36)31(33)37)29(35)26-15-14-25(18-21(26)3)40-20-22-10-7-6-8-11-22/h6-15,18-19,28,35H,4-5,16-17,20H2,1-3H3/b29-27+. The topological polar surface area (TPSA) is 117 Å². The van der Waals surface area contributed by atoms with Gasteiger partial charge in [0.25, 0.3) is 11.6 Å². The van der Waals surface area contributed by atoms with E-state index in [9.17, 15) is 24.8 Å². The van der Waals surface area contributed by atoms with E-state index < -0.39 is 28.4 Å². The number of Topliss-reactive ketones (excluding diaryl/α,β-unsaturated/α-hetero) is 1. The van der Waals surface area contributed by atoms with E-state index in [4.69, 9.17) is 4.74 Å². The number of nitrogens with one attached hydrogen (secondary N) is 1. The molecule has 1 fully saturated rings. The summed E-state index contributed by atoms with van der Waals surface area (Å²) in [6.45, 7) is 8.64. The molecule has 1 aliphatic heterocycles. The highest BCUT2D eigenvalue weighted by molar-refractivity contribution is 6.46. The number of amides is 1. The Bertz CT molecular complexity index is 1430. The molecule has 0 radical (unpaired) electrons. The number of carbonyl (C=O) groups excluding carboxylic acids is 2. The molecular weight excluding hydrogens is 510 g/mol. The molecule has 0 aromatic heterocycles. The van der Waals surface area contributed by atoms with Gasteiger partial charge in [0.15, 0.2) is 0 Å². The molecule has 0 spiro atoms. The monoisotopic (exact) mass is 543 g/mol. The molecule has 1 amide bonds. The second-order valence-corrected chi connectivity index (χ2v) is 9.78. The average Bonchev–Trinajstić information content (AvgIpc) is 3.22. The first-order valence-corrected chi connectivity index (χ1v) is 13.4. The lowest BCUT2D eigenvalue weighted by molar-refractivity contribution is -0.895. The molecule has 1 atom stereocenters. The number of likely N-dealkylation sites (N-methyl/N-ethyl adjacent to an activating group) is 1. The summed E-state index contributed by atoms with van der Waals surface area (Å²) < 4.78 is 5.88. The highest BCUT2D eigenvalue weighted by Crippen LogP contribution is 2.40. The van der Waals surface area contributed by atoms with Gasteiger partial charge in [-0.3, -0.25) is 19.7 Å². The number of ether oxygens (including phenoxy) is 1. The van der Waals surface area contributed by atoms with Gasteiger partial charge in [0.05, 0.1) is 37.1 Å². The Morgan fingerprint density at radius 2 is 1.73 bits per heavy atom. The van der Waals surface area contributed by atoms with Crippen molar-refractivity contribution in [2.24, 2.45) is 0 Å². The van der Waals surface area contributed by atoms with Gasteiger partial charge in [-0.1, -0.05) is 54.3 Å². The Kier molecular flexibility index (Phi) is 8.96. The van der Waals surface area contributed by atoms with Gasteiger partial charge in [-0.05, 0) is 55.2 Å². The first kappa shape index (κ1) is 28.5. The van der Waals surface area contributed by atoms with Crippen molar-refractivity contribution in [1.29, 1.82) is 0 Å². The molecule has 1 N–H and O–H groups in total. The van der Waals surface area contributed by atoms with Gasteiger partial charge >= 0.3 is 0 Å². The number of likely N-dealkylation sites (tertiary alicyclic amines) is 1. The summed E-state index contributed by atoms with van der Waals surface area (Å²) in [6, 6.07) is 19.4. The predicted molar refractivity (Wildman–Crippen MR) is 148 cm³/mol. The second-order valence-electron chi connectivity index (χ2n) is 9.78. The lowest BCUT2D eigenvalue weighted by Crippen LogP contribution is -3.12. The smallest absolute Gasteiger partial charge is 0.295 e. The number of non-ortho nitro benzene ring substituents is 1. The zero-order chi connectivity index (χ0) is 28.8. The lowest BCUT2D eigenvalue weighted by Gasteiger charge is -2.29. The summed E-state index contributed by atoms with van der Waals surface area (Å²) >= 11 is 0. The van der Waals surface area contributed by atoms with E-state index >= 15 is 0 Å². The third-order valence-electron chi connectivity index (χ3n) is 7.32. The van der Waals surface area contributed by atoms with Gasteiger partial charge in [-0.25, -0.2) is 0 Å². The number of carbonyl (C=O) groups is 2. The van der Waals surface area contributed by atoms with Gasteiger partial charge in [0.2, 0.25) is 5.78 Å². The first-order chi connectivity index (χ1) is 19.2. The summed E-state index contributed by atoms with van der Waals surface area (Å²) in [5.74, 6) is -1.65. The maximum Gasteiger partial charge on any atom is 0.295 e. The normalized spacial score (nSPS) is 16.5. The van der Waals surface area contributed by atoms with Crippen LogP contribution in [-0.4, -0.2) is 47.7 Å². The number of benzene rings is 3. The van der Waals surface area contributed by atoms with Crippen LogP contribution in [0, 0.1) is 17.0 Å². The van der Waals surface area contributed by atoms with E-state index in [2.05, 4.69) is 0 Å². The third kappa shape index (κ3) is 6.05. The molecule has 208 valence electrons. The molecule has 9 heteroatoms. The predicted octanol–water partition coefficient (Wildman–Crippen LogP) is 2.63. The number of hydrogen-bond donors (Lipinski definition) is 1. The Morgan fingerprint density at radius 1 is 1.00 bits per heavy atom. The van der Waals surface area contributed by atoms with Crippen LogP contribution in [0.15, 0.2) is 78.4 Å². The van der Waals surface area contributed by atoms with Gasteiger partial charge in [0.1, 0.15) is 12.4 Å². The van der Waals surface area contributed by atoms with Crippen LogP contribution in [0.1, 0.15) is 42.1 Å². The number of nitrogens with zero attached hydrogens (tertiary/aromatic N) is 2. The fourth-order valence-corrected chi connectivity index (χ4v) is 5.00. The largest absolute Gasteiger partial charge is 0.872 e. The second kappa shape index (κ2) is 12.6. The fraction of sp³-hybridized carbons (Fsp3) is 0.290. The highest BCUT2D eigenvalue weighted by atomic mass is 16.6. The summed E-state index contributed by atoms with van der Waals surface area (Å²) in [6.07, 6.45) is 0. The van der Waals surface area contributed by atoms with Crippen molar-refractivity contribution in [1.82, 2.24) is 4.90 Å². The summed E-state index contributed by atoms with van der Waals surface area (Å²) in [7, 11) is 0. The van der Waals surface area contributed by atoms with Gasteiger partial charge in [-0.2, -0.15) is 0 Å². The van der Waals surface area contributed by atoms with Crippen LogP contribution in [0.25, 0.3) is 5.76 Å². The van der Waals surface area contributed by atoms with Crippen molar-refractivity contribution in [2.45, 2.75) is 33.4 Å². The first-order valence-electron chi connectivity index (χ1n) is 13.4. The molecule has 0 bridgehead atoms. The van der Waals surface area contributed by atoms with E-state index in [-0.39, 0.29) is 23.4 Å². The molecule has 1 aliphatic rings. The lowest BCUT2D eigenvalue weighted by atomic mass is 9.93. The van der Waals surface area contributed by atoms with Crippen LogP contribution in [0.3, 0.4) is 0 Å². The number of hydrogen-bond acceptors (Lipinski definition) is 6. The molecule has 3 aromatic rings. The highest BCUT2D eigenvalue weighted by Gasteiger charge is 2.44. The minimum absolute atomic E-state index is 0.179. The minimum atomic E-state index is -1.02. The van der Waals surface area contributed by atoms with Crippen LogP contribution in [0.2, 0.25) is 0 Å². The zero-order valence-electron chi connectivity index (χ0n) is 22.9. The minimum Gasteiger partial charge on any atom is -0.872 e. The molecule has 1 heterocycles. The number of ketones is 1. The fourth-order valence-electron chi connectivity index (χ4n) is 5.00. The maximum atomic E-state index is 13.9. The number of nitro groups is 1. The summed E-state index contributed by atoms with van der Waals surface area (Å²) in [4.78, 5) is 40.1. The van der Waals surface area contributed by atoms with Gasteiger partial charge in [0, 0.05) is 17.7 Å². The van der Waals surface area contributed by atoms with Crippen molar-refractivity contribution in [3.63, 3.8) is 0 Å². The van der Waals surface area contributed by atoms with Gasteiger partial charge < -0.3 is 19.6 Å². The zero-order valence-corrected chi connectivity index (χ0v) is 22.9. The Hall–Kier alpha value is -4.50. The summed E-state index contributed by atoms with van der Waals surface area (Å²) in [5.41, 5.74) is 1.84. The van der Waals surface area contributed by atoms with Crippen LogP contribution in [-0.2, 0) is 16.2 Å². The molecule has 4 rings (SSSR count).